The summed E-state index contributed by atoms with van der Waals surface area (Å²) in [6.07, 6.45) is 2.63. The van der Waals surface area contributed by atoms with E-state index in [4.69, 9.17) is 22.1 Å². The average Bonchev–Trinajstić information content (AvgIpc) is 2.36. The molecule has 0 unspecified atom stereocenters. The molecule has 1 heterocycles. The minimum Gasteiger partial charge on any atom is -0.438 e. The van der Waals surface area contributed by atoms with Crippen LogP contribution in [0, 0.1) is 13.8 Å². The van der Waals surface area contributed by atoms with E-state index in [2.05, 4.69) is 11.1 Å². The van der Waals surface area contributed by atoms with Crippen molar-refractivity contribution in [1.82, 2.24) is 4.98 Å². The molecule has 0 aliphatic rings. The van der Waals surface area contributed by atoms with Crippen molar-refractivity contribution in [3.05, 3.63) is 52.2 Å². The maximum atomic E-state index is 5.92. The highest BCUT2D eigenvalue weighted by Crippen LogP contribution is 2.28. The molecule has 100 valence electrons. The van der Waals surface area contributed by atoms with Crippen LogP contribution < -0.4 is 10.5 Å². The molecule has 19 heavy (non-hydrogen) atoms. The van der Waals surface area contributed by atoms with Crippen molar-refractivity contribution >= 4 is 11.6 Å². The van der Waals surface area contributed by atoms with Gasteiger partial charge in [-0.15, -0.1) is 0 Å². The first-order valence-corrected chi connectivity index (χ1v) is 6.57. The molecular formula is C15H17ClN2O. The van der Waals surface area contributed by atoms with Gasteiger partial charge < -0.3 is 10.5 Å². The molecule has 2 rings (SSSR count). The Hall–Kier alpha value is -1.58. The molecule has 0 saturated carbocycles. The van der Waals surface area contributed by atoms with Gasteiger partial charge in [0.05, 0.1) is 0 Å². The van der Waals surface area contributed by atoms with E-state index in [0.717, 1.165) is 28.9 Å². The van der Waals surface area contributed by atoms with Gasteiger partial charge >= 0.3 is 0 Å². The largest absolute Gasteiger partial charge is 0.438 e. The number of halogens is 1. The van der Waals surface area contributed by atoms with Gasteiger partial charge in [-0.1, -0.05) is 11.6 Å². The van der Waals surface area contributed by atoms with Gasteiger partial charge in [0.1, 0.15) is 5.75 Å². The van der Waals surface area contributed by atoms with Gasteiger partial charge in [-0.3, -0.25) is 0 Å². The summed E-state index contributed by atoms with van der Waals surface area (Å²) in [6.45, 7) is 4.56. The second kappa shape index (κ2) is 6.04. The molecule has 0 fully saturated rings. The molecule has 3 nitrogen and oxygen atoms in total. The second-order valence-corrected chi connectivity index (χ2v) is 4.95. The Morgan fingerprint density at radius 3 is 2.63 bits per heavy atom. The SMILES string of the molecule is Cc1cc(Cl)ccc1Oc1ncc(CCN)cc1C. The summed E-state index contributed by atoms with van der Waals surface area (Å²) in [5.41, 5.74) is 8.65. The minimum atomic E-state index is 0.617. The number of aromatic nitrogens is 1. The van der Waals surface area contributed by atoms with E-state index in [1.54, 1.807) is 6.20 Å². The van der Waals surface area contributed by atoms with E-state index < -0.39 is 0 Å². The highest BCUT2D eigenvalue weighted by molar-refractivity contribution is 6.30. The molecule has 2 N–H and O–H groups in total. The number of nitrogens with zero attached hydrogens (tertiary/aromatic N) is 1. The van der Waals surface area contributed by atoms with Crippen LogP contribution in [0.5, 0.6) is 11.6 Å². The first kappa shape index (κ1) is 13.8. The third-order valence-electron chi connectivity index (χ3n) is 2.86. The molecule has 0 spiro atoms. The predicted molar refractivity (Wildman–Crippen MR) is 78.0 cm³/mol. The Morgan fingerprint density at radius 1 is 1.21 bits per heavy atom. The summed E-state index contributed by atoms with van der Waals surface area (Å²) < 4.78 is 5.83. The van der Waals surface area contributed by atoms with E-state index in [1.807, 2.05) is 32.0 Å². The Balaban J connectivity index is 2.23. The smallest absolute Gasteiger partial charge is 0.222 e. The molecule has 4 heteroatoms. The zero-order valence-corrected chi connectivity index (χ0v) is 11.9. The summed E-state index contributed by atoms with van der Waals surface area (Å²) >= 11 is 5.92. The monoisotopic (exact) mass is 276 g/mol. The number of hydrogen-bond donors (Lipinski definition) is 1. The van der Waals surface area contributed by atoms with Gasteiger partial charge in [0.2, 0.25) is 5.88 Å². The molecule has 0 amide bonds. The Bertz CT molecular complexity index is 584. The maximum absolute atomic E-state index is 5.92. The fraction of sp³-hybridized carbons (Fsp3) is 0.267. The second-order valence-electron chi connectivity index (χ2n) is 4.52. The van der Waals surface area contributed by atoms with Crippen molar-refractivity contribution in [3.63, 3.8) is 0 Å². The van der Waals surface area contributed by atoms with Gasteiger partial charge in [-0.2, -0.15) is 0 Å². The van der Waals surface area contributed by atoms with Crippen LogP contribution in [0.4, 0.5) is 0 Å². The standard InChI is InChI=1S/C15H17ClN2O/c1-10-8-13(16)3-4-14(10)19-15-11(2)7-12(5-6-17)9-18-15/h3-4,7-9H,5-6,17H2,1-2H3. The number of pyridine rings is 1. The fourth-order valence-electron chi connectivity index (χ4n) is 1.86. The van der Waals surface area contributed by atoms with Gasteiger partial charge in [0.15, 0.2) is 0 Å². The van der Waals surface area contributed by atoms with E-state index in [-0.39, 0.29) is 0 Å². The fourth-order valence-corrected chi connectivity index (χ4v) is 2.09. The number of benzene rings is 1. The van der Waals surface area contributed by atoms with Gasteiger partial charge in [-0.25, -0.2) is 4.98 Å². The van der Waals surface area contributed by atoms with Gasteiger partial charge in [0, 0.05) is 16.8 Å². The van der Waals surface area contributed by atoms with Crippen LogP contribution in [0.3, 0.4) is 0 Å². The number of ether oxygens (including phenoxy) is 1. The Kier molecular flexibility index (Phi) is 4.40. The third kappa shape index (κ3) is 3.46. The molecule has 0 aliphatic carbocycles. The minimum absolute atomic E-state index is 0.617. The van der Waals surface area contributed by atoms with Crippen LogP contribution in [0.1, 0.15) is 16.7 Å². The number of rotatable bonds is 4. The molecule has 0 aliphatic heterocycles. The maximum Gasteiger partial charge on any atom is 0.222 e. The summed E-state index contributed by atoms with van der Waals surface area (Å²) in [6, 6.07) is 7.59. The molecule has 0 saturated heterocycles. The Labute approximate surface area is 118 Å². The summed E-state index contributed by atoms with van der Waals surface area (Å²) in [5, 5.41) is 0.702. The molecule has 0 atom stereocenters. The van der Waals surface area contributed by atoms with Crippen LogP contribution in [-0.2, 0) is 6.42 Å². The number of nitrogens with two attached hydrogens (primary N) is 1. The molecule has 2 aromatic rings. The third-order valence-corrected chi connectivity index (χ3v) is 3.10. The first-order valence-electron chi connectivity index (χ1n) is 6.19. The summed E-state index contributed by atoms with van der Waals surface area (Å²) in [4.78, 5) is 4.34. The van der Waals surface area contributed by atoms with Gasteiger partial charge in [0.25, 0.3) is 0 Å². The van der Waals surface area contributed by atoms with E-state index in [0.29, 0.717) is 17.4 Å². The van der Waals surface area contributed by atoms with E-state index in [9.17, 15) is 0 Å². The van der Waals surface area contributed by atoms with Crippen molar-refractivity contribution in [3.8, 4) is 11.6 Å². The lowest BCUT2D eigenvalue weighted by atomic mass is 10.1. The van der Waals surface area contributed by atoms with Crippen molar-refractivity contribution in [2.45, 2.75) is 20.3 Å². The number of aryl methyl sites for hydroxylation is 2. The predicted octanol–water partition coefficient (Wildman–Crippen LogP) is 3.65. The average molecular weight is 277 g/mol. The lowest BCUT2D eigenvalue weighted by molar-refractivity contribution is 0.455. The normalized spacial score (nSPS) is 10.5. The molecule has 0 radical (unpaired) electrons. The lowest BCUT2D eigenvalue weighted by Gasteiger charge is -2.11. The summed E-state index contributed by atoms with van der Waals surface area (Å²) in [7, 11) is 0. The molecular weight excluding hydrogens is 260 g/mol. The van der Waals surface area contributed by atoms with E-state index >= 15 is 0 Å². The molecule has 1 aromatic carbocycles. The molecule has 1 aromatic heterocycles. The highest BCUT2D eigenvalue weighted by atomic mass is 35.5. The zero-order chi connectivity index (χ0) is 13.8. The van der Waals surface area contributed by atoms with Crippen LogP contribution in [0.2, 0.25) is 5.02 Å². The van der Waals surface area contributed by atoms with Crippen LogP contribution >= 0.6 is 11.6 Å². The van der Waals surface area contributed by atoms with Crippen molar-refractivity contribution in [2.24, 2.45) is 5.73 Å². The van der Waals surface area contributed by atoms with Crippen molar-refractivity contribution in [1.29, 1.82) is 0 Å². The Morgan fingerprint density at radius 2 is 2.00 bits per heavy atom. The van der Waals surface area contributed by atoms with Gasteiger partial charge in [-0.05, 0) is 62.2 Å². The molecule has 0 bridgehead atoms. The van der Waals surface area contributed by atoms with Crippen molar-refractivity contribution < 1.29 is 4.74 Å². The topological polar surface area (TPSA) is 48.1 Å². The highest BCUT2D eigenvalue weighted by Gasteiger charge is 2.07. The lowest BCUT2D eigenvalue weighted by Crippen LogP contribution is -2.04. The quantitative estimate of drug-likeness (QED) is 0.927. The number of hydrogen-bond acceptors (Lipinski definition) is 3. The van der Waals surface area contributed by atoms with Crippen LogP contribution in [-0.4, -0.2) is 11.5 Å². The van der Waals surface area contributed by atoms with Crippen LogP contribution in [0.25, 0.3) is 0 Å². The van der Waals surface area contributed by atoms with Crippen LogP contribution in [0.15, 0.2) is 30.5 Å². The van der Waals surface area contributed by atoms with Crippen molar-refractivity contribution in [2.75, 3.05) is 6.54 Å². The van der Waals surface area contributed by atoms with E-state index in [1.165, 1.54) is 0 Å². The summed E-state index contributed by atoms with van der Waals surface area (Å²) in [5.74, 6) is 1.39. The zero-order valence-electron chi connectivity index (χ0n) is 11.1. The first-order chi connectivity index (χ1) is 9.10.